The topological polar surface area (TPSA) is 38.4 Å². The molecule has 0 unspecified atom stereocenters. The van der Waals surface area contributed by atoms with Gasteiger partial charge < -0.3 is 5.73 Å². The maximum atomic E-state index is 6.10. The van der Waals surface area contributed by atoms with Crippen LogP contribution in [0.5, 0.6) is 0 Å². The van der Waals surface area contributed by atoms with Gasteiger partial charge in [-0.2, -0.15) is 0 Å². The zero-order chi connectivity index (χ0) is 13.9. The van der Waals surface area contributed by atoms with E-state index in [0.29, 0.717) is 0 Å². The van der Waals surface area contributed by atoms with Crippen LogP contribution in [-0.2, 0) is 0 Å². The number of rotatable bonds is 3. The van der Waals surface area contributed by atoms with Gasteiger partial charge in [0.25, 0.3) is 0 Å². The molecule has 2 heteroatoms. The molecule has 18 heavy (non-hydrogen) atoms. The van der Waals surface area contributed by atoms with Crippen LogP contribution in [0, 0.1) is 5.41 Å². The molecule has 1 aliphatic carbocycles. The van der Waals surface area contributed by atoms with E-state index in [1.807, 2.05) is 19.2 Å². The predicted molar refractivity (Wildman–Crippen MR) is 80.7 cm³/mol. The molecule has 0 spiro atoms. The maximum Gasteiger partial charge on any atom is 0.0361 e. The molecule has 0 saturated heterocycles. The number of hydrogen-bond acceptors (Lipinski definition) is 2. The van der Waals surface area contributed by atoms with Crippen molar-refractivity contribution in [3.63, 3.8) is 0 Å². The van der Waals surface area contributed by atoms with Gasteiger partial charge in [0.15, 0.2) is 0 Å². The van der Waals surface area contributed by atoms with Gasteiger partial charge in [-0.1, -0.05) is 26.5 Å². The van der Waals surface area contributed by atoms with Gasteiger partial charge in [-0.05, 0) is 49.1 Å². The van der Waals surface area contributed by atoms with Crippen molar-refractivity contribution in [1.29, 1.82) is 0 Å². The SMILES string of the molecule is C=C(/C=N\CC)C1=CC(N)=C(C)/C(=C\C)C1(C)C. The second-order valence-corrected chi connectivity index (χ2v) is 5.12. The number of aliphatic imine (C=N–C) groups is 1. The Bertz CT molecular complexity index is 471. The lowest BCUT2D eigenvalue weighted by Gasteiger charge is -2.36. The van der Waals surface area contributed by atoms with E-state index in [1.54, 1.807) is 0 Å². The molecule has 2 nitrogen and oxygen atoms in total. The summed E-state index contributed by atoms with van der Waals surface area (Å²) in [7, 11) is 0. The summed E-state index contributed by atoms with van der Waals surface area (Å²) in [6, 6.07) is 0. The van der Waals surface area contributed by atoms with Crippen LogP contribution >= 0.6 is 0 Å². The molecule has 0 aromatic carbocycles. The lowest BCUT2D eigenvalue weighted by molar-refractivity contribution is 0.546. The molecule has 0 bridgehead atoms. The zero-order valence-corrected chi connectivity index (χ0v) is 12.2. The summed E-state index contributed by atoms with van der Waals surface area (Å²) in [6.45, 7) is 15.4. The van der Waals surface area contributed by atoms with E-state index in [4.69, 9.17) is 5.73 Å². The van der Waals surface area contributed by atoms with Crippen LogP contribution in [0.1, 0.15) is 34.6 Å². The molecule has 0 saturated carbocycles. The number of nitrogens with zero attached hydrogens (tertiary/aromatic N) is 1. The molecular formula is C16H24N2. The highest BCUT2D eigenvalue weighted by Crippen LogP contribution is 2.45. The summed E-state index contributed by atoms with van der Waals surface area (Å²) in [4.78, 5) is 4.27. The van der Waals surface area contributed by atoms with Gasteiger partial charge in [0.2, 0.25) is 0 Å². The number of allylic oxidation sites excluding steroid dienone is 6. The number of nitrogens with two attached hydrogens (primary N) is 1. The fourth-order valence-electron chi connectivity index (χ4n) is 2.56. The van der Waals surface area contributed by atoms with Gasteiger partial charge in [-0.15, -0.1) is 0 Å². The molecule has 0 radical (unpaired) electrons. The van der Waals surface area contributed by atoms with Crippen LogP contribution in [-0.4, -0.2) is 12.8 Å². The first-order chi connectivity index (χ1) is 8.36. The predicted octanol–water partition coefficient (Wildman–Crippen LogP) is 3.78. The molecule has 0 heterocycles. The van der Waals surface area contributed by atoms with Crippen LogP contribution in [0.2, 0.25) is 0 Å². The highest BCUT2D eigenvalue weighted by molar-refractivity contribution is 5.85. The maximum absolute atomic E-state index is 6.10. The highest BCUT2D eigenvalue weighted by atomic mass is 14.7. The molecule has 1 aliphatic rings. The summed E-state index contributed by atoms with van der Waals surface area (Å²) >= 11 is 0. The number of hydrogen-bond donors (Lipinski definition) is 1. The Kier molecular flexibility index (Phi) is 4.33. The largest absolute Gasteiger partial charge is 0.398 e. The molecule has 0 fully saturated rings. The molecule has 0 amide bonds. The van der Waals surface area contributed by atoms with Crippen molar-refractivity contribution < 1.29 is 0 Å². The third-order valence-corrected chi connectivity index (χ3v) is 3.55. The Hall–Kier alpha value is -1.57. The Morgan fingerprint density at radius 2 is 2.11 bits per heavy atom. The van der Waals surface area contributed by atoms with Crippen molar-refractivity contribution >= 4 is 6.21 Å². The van der Waals surface area contributed by atoms with Crippen LogP contribution < -0.4 is 5.73 Å². The Morgan fingerprint density at radius 1 is 1.50 bits per heavy atom. The normalized spacial score (nSPS) is 21.6. The van der Waals surface area contributed by atoms with E-state index in [1.165, 1.54) is 5.57 Å². The van der Waals surface area contributed by atoms with Gasteiger partial charge in [-0.25, -0.2) is 0 Å². The third-order valence-electron chi connectivity index (χ3n) is 3.55. The van der Waals surface area contributed by atoms with E-state index in [2.05, 4.69) is 45.3 Å². The molecule has 1 rings (SSSR count). The standard InChI is InChI=1S/C16H24N2/c1-7-13-12(4)15(17)9-14(16(13,5)6)11(3)10-18-8-2/h7,9-10H,3,8,17H2,1-2,4-6H3/b13-7+,18-10-. The molecule has 0 aromatic heterocycles. The average molecular weight is 244 g/mol. The summed E-state index contributed by atoms with van der Waals surface area (Å²) in [5.74, 6) is 0. The lowest BCUT2D eigenvalue weighted by atomic mass is 9.68. The van der Waals surface area contributed by atoms with Crippen LogP contribution in [0.25, 0.3) is 0 Å². The molecule has 0 atom stereocenters. The summed E-state index contributed by atoms with van der Waals surface area (Å²) in [6.07, 6.45) is 6.01. The monoisotopic (exact) mass is 244 g/mol. The van der Waals surface area contributed by atoms with Gasteiger partial charge in [0, 0.05) is 23.9 Å². The second kappa shape index (κ2) is 5.38. The third kappa shape index (κ3) is 2.47. The first-order valence-corrected chi connectivity index (χ1v) is 6.41. The van der Waals surface area contributed by atoms with E-state index in [0.717, 1.165) is 29.0 Å². The minimum absolute atomic E-state index is 0.0709. The summed E-state index contributed by atoms with van der Waals surface area (Å²) < 4.78 is 0. The van der Waals surface area contributed by atoms with Crippen molar-refractivity contribution in [2.45, 2.75) is 34.6 Å². The van der Waals surface area contributed by atoms with Gasteiger partial charge in [0.05, 0.1) is 0 Å². The lowest BCUT2D eigenvalue weighted by Crippen LogP contribution is -2.26. The zero-order valence-electron chi connectivity index (χ0n) is 12.2. The van der Waals surface area contributed by atoms with E-state index >= 15 is 0 Å². The first-order valence-electron chi connectivity index (χ1n) is 6.41. The second-order valence-electron chi connectivity index (χ2n) is 5.12. The molecule has 2 N–H and O–H groups in total. The fraction of sp³-hybridized carbons (Fsp3) is 0.438. The average Bonchev–Trinajstić information content (AvgIpc) is 2.31. The van der Waals surface area contributed by atoms with Crippen molar-refractivity contribution in [2.24, 2.45) is 16.1 Å². The Morgan fingerprint density at radius 3 is 2.61 bits per heavy atom. The van der Waals surface area contributed by atoms with Crippen molar-refractivity contribution in [1.82, 2.24) is 0 Å². The molecular weight excluding hydrogens is 220 g/mol. The van der Waals surface area contributed by atoms with Crippen LogP contribution in [0.4, 0.5) is 0 Å². The van der Waals surface area contributed by atoms with Crippen LogP contribution in [0.15, 0.2) is 51.7 Å². The molecule has 0 aliphatic heterocycles. The minimum atomic E-state index is -0.0709. The fourth-order valence-corrected chi connectivity index (χ4v) is 2.56. The summed E-state index contributed by atoms with van der Waals surface area (Å²) in [5, 5.41) is 0. The molecule has 98 valence electrons. The van der Waals surface area contributed by atoms with Gasteiger partial charge in [-0.3, -0.25) is 4.99 Å². The van der Waals surface area contributed by atoms with Crippen LogP contribution in [0.3, 0.4) is 0 Å². The van der Waals surface area contributed by atoms with E-state index in [9.17, 15) is 0 Å². The van der Waals surface area contributed by atoms with Crippen molar-refractivity contribution in [3.8, 4) is 0 Å². The Labute approximate surface area is 111 Å². The molecule has 0 aromatic rings. The quantitative estimate of drug-likeness (QED) is 0.754. The van der Waals surface area contributed by atoms with Gasteiger partial charge in [0.1, 0.15) is 0 Å². The summed E-state index contributed by atoms with van der Waals surface area (Å²) in [5.41, 5.74) is 11.4. The van der Waals surface area contributed by atoms with Crippen molar-refractivity contribution in [2.75, 3.05) is 6.54 Å². The first kappa shape index (κ1) is 14.5. The van der Waals surface area contributed by atoms with Crippen molar-refractivity contribution in [3.05, 3.63) is 46.7 Å². The van der Waals surface area contributed by atoms with E-state index in [-0.39, 0.29) is 5.41 Å². The highest BCUT2D eigenvalue weighted by Gasteiger charge is 2.33. The van der Waals surface area contributed by atoms with Gasteiger partial charge >= 0.3 is 0 Å². The minimum Gasteiger partial charge on any atom is -0.398 e. The Balaban J connectivity index is 3.31. The smallest absolute Gasteiger partial charge is 0.0361 e. The van der Waals surface area contributed by atoms with E-state index < -0.39 is 0 Å².